The first-order valence-corrected chi connectivity index (χ1v) is 5.87. The quantitative estimate of drug-likeness (QED) is 0.596. The van der Waals surface area contributed by atoms with Gasteiger partial charge in [0.1, 0.15) is 0 Å². The molecule has 1 nitrogen and oxygen atoms in total. The number of carbonyl (C=O) groups excluding carboxylic acids is 1. The van der Waals surface area contributed by atoms with Crippen LogP contribution in [0.2, 0.25) is 5.02 Å². The van der Waals surface area contributed by atoms with Crippen LogP contribution in [0.5, 0.6) is 0 Å². The van der Waals surface area contributed by atoms with Gasteiger partial charge in [-0.15, -0.1) is 0 Å². The molecule has 0 aromatic heterocycles. The molecule has 0 saturated heterocycles. The van der Waals surface area contributed by atoms with E-state index in [1.54, 1.807) is 24.3 Å². The van der Waals surface area contributed by atoms with E-state index in [0.717, 1.165) is 12.1 Å². The molecule has 0 fully saturated rings. The lowest BCUT2D eigenvalue weighted by Crippen LogP contribution is -1.93. The Kier molecular flexibility index (Phi) is 4.07. The summed E-state index contributed by atoms with van der Waals surface area (Å²) < 4.78 is 25.7. The third kappa shape index (κ3) is 3.48. The summed E-state index contributed by atoms with van der Waals surface area (Å²) in [5, 5.41) is 0.543. The minimum atomic E-state index is -0.943. The van der Waals surface area contributed by atoms with Gasteiger partial charge in [-0.05, 0) is 48.0 Å². The van der Waals surface area contributed by atoms with Crippen molar-refractivity contribution in [2.75, 3.05) is 0 Å². The molecule has 19 heavy (non-hydrogen) atoms. The van der Waals surface area contributed by atoms with Gasteiger partial charge in [-0.2, -0.15) is 0 Å². The van der Waals surface area contributed by atoms with Crippen molar-refractivity contribution < 1.29 is 13.6 Å². The van der Waals surface area contributed by atoms with E-state index in [1.165, 1.54) is 18.2 Å². The number of allylic oxidation sites excluding steroid dienone is 1. The van der Waals surface area contributed by atoms with E-state index in [4.69, 9.17) is 11.6 Å². The first-order valence-electron chi connectivity index (χ1n) is 5.49. The number of hydrogen-bond acceptors (Lipinski definition) is 1. The molecule has 2 rings (SSSR count). The minimum Gasteiger partial charge on any atom is -0.289 e. The molecule has 0 unspecified atom stereocenters. The third-order valence-corrected chi connectivity index (χ3v) is 2.75. The Bertz CT molecular complexity index is 633. The maximum absolute atomic E-state index is 13.0. The smallest absolute Gasteiger partial charge is 0.185 e. The zero-order chi connectivity index (χ0) is 13.8. The molecule has 2 aromatic carbocycles. The monoisotopic (exact) mass is 278 g/mol. The lowest BCUT2D eigenvalue weighted by Gasteiger charge is -1.97. The summed E-state index contributed by atoms with van der Waals surface area (Å²) in [5.41, 5.74) is 0.893. The van der Waals surface area contributed by atoms with Crippen molar-refractivity contribution in [1.29, 1.82) is 0 Å². The van der Waals surface area contributed by atoms with Gasteiger partial charge >= 0.3 is 0 Å². The van der Waals surface area contributed by atoms with E-state index in [2.05, 4.69) is 0 Å². The molecule has 0 aliphatic rings. The molecule has 0 radical (unpaired) electrons. The second-order valence-electron chi connectivity index (χ2n) is 3.88. The van der Waals surface area contributed by atoms with Crippen molar-refractivity contribution in [2.45, 2.75) is 0 Å². The van der Waals surface area contributed by atoms with Gasteiger partial charge in [0.25, 0.3) is 0 Å². The molecule has 0 amide bonds. The molecular formula is C15H9ClF2O. The van der Waals surface area contributed by atoms with E-state index >= 15 is 0 Å². The number of hydrogen-bond donors (Lipinski definition) is 0. The average molecular weight is 279 g/mol. The second kappa shape index (κ2) is 5.76. The fourth-order valence-corrected chi connectivity index (χ4v) is 1.62. The van der Waals surface area contributed by atoms with Gasteiger partial charge in [0.2, 0.25) is 0 Å². The maximum atomic E-state index is 13.0. The van der Waals surface area contributed by atoms with Crippen LogP contribution in [0, 0.1) is 11.6 Å². The van der Waals surface area contributed by atoms with E-state index in [9.17, 15) is 13.6 Å². The van der Waals surface area contributed by atoms with Gasteiger partial charge in [-0.25, -0.2) is 8.78 Å². The summed E-state index contributed by atoms with van der Waals surface area (Å²) in [4.78, 5) is 11.8. The van der Waals surface area contributed by atoms with Crippen LogP contribution in [0.25, 0.3) is 6.08 Å². The Morgan fingerprint density at radius 2 is 1.68 bits per heavy atom. The number of halogens is 3. The van der Waals surface area contributed by atoms with Crippen molar-refractivity contribution in [3.8, 4) is 0 Å². The van der Waals surface area contributed by atoms with E-state index in [-0.39, 0.29) is 5.78 Å². The molecule has 0 N–H and O–H groups in total. The number of carbonyl (C=O) groups is 1. The molecule has 2 aromatic rings. The van der Waals surface area contributed by atoms with Gasteiger partial charge in [-0.1, -0.05) is 23.7 Å². The SMILES string of the molecule is O=C(/C=C/c1ccc(F)c(F)c1)c1ccc(Cl)cc1. The summed E-state index contributed by atoms with van der Waals surface area (Å²) in [7, 11) is 0. The molecule has 0 atom stereocenters. The Hall–Kier alpha value is -2.00. The second-order valence-corrected chi connectivity index (χ2v) is 4.31. The van der Waals surface area contributed by atoms with Crippen LogP contribution >= 0.6 is 11.6 Å². The Morgan fingerprint density at radius 1 is 1.00 bits per heavy atom. The van der Waals surface area contributed by atoms with Crippen LogP contribution in [-0.2, 0) is 0 Å². The van der Waals surface area contributed by atoms with Crippen LogP contribution < -0.4 is 0 Å². The Balaban J connectivity index is 2.15. The van der Waals surface area contributed by atoms with Crippen molar-refractivity contribution in [1.82, 2.24) is 0 Å². The Morgan fingerprint density at radius 3 is 2.32 bits per heavy atom. The van der Waals surface area contributed by atoms with Gasteiger partial charge in [0.15, 0.2) is 17.4 Å². The van der Waals surface area contributed by atoms with Crippen molar-refractivity contribution in [3.05, 3.63) is 76.3 Å². The summed E-state index contributed by atoms with van der Waals surface area (Å²) in [6, 6.07) is 9.85. The molecule has 0 heterocycles. The number of rotatable bonds is 3. The van der Waals surface area contributed by atoms with Crippen LogP contribution in [0.4, 0.5) is 8.78 Å². The molecular weight excluding hydrogens is 270 g/mol. The van der Waals surface area contributed by atoms with Gasteiger partial charge in [0, 0.05) is 10.6 Å². The molecule has 4 heteroatoms. The first kappa shape index (κ1) is 13.4. The Labute approximate surface area is 114 Å². The van der Waals surface area contributed by atoms with Crippen LogP contribution in [0.1, 0.15) is 15.9 Å². The first-order chi connectivity index (χ1) is 9.06. The van der Waals surface area contributed by atoms with Crippen molar-refractivity contribution in [2.24, 2.45) is 0 Å². The lowest BCUT2D eigenvalue weighted by molar-refractivity contribution is 0.104. The zero-order valence-electron chi connectivity index (χ0n) is 9.74. The van der Waals surface area contributed by atoms with Gasteiger partial charge < -0.3 is 0 Å². The number of benzene rings is 2. The zero-order valence-corrected chi connectivity index (χ0v) is 10.5. The normalized spacial score (nSPS) is 10.9. The molecule has 0 aliphatic carbocycles. The summed E-state index contributed by atoms with van der Waals surface area (Å²) in [6.07, 6.45) is 2.73. The summed E-state index contributed by atoms with van der Waals surface area (Å²) >= 11 is 5.72. The third-order valence-electron chi connectivity index (χ3n) is 2.50. The largest absolute Gasteiger partial charge is 0.289 e. The molecule has 0 spiro atoms. The van der Waals surface area contributed by atoms with E-state index < -0.39 is 11.6 Å². The minimum absolute atomic E-state index is 0.235. The van der Waals surface area contributed by atoms with Crippen LogP contribution in [0.15, 0.2) is 48.5 Å². The molecule has 0 bridgehead atoms. The molecule has 96 valence electrons. The topological polar surface area (TPSA) is 17.1 Å². The molecule has 0 saturated carbocycles. The maximum Gasteiger partial charge on any atom is 0.185 e. The summed E-state index contributed by atoms with van der Waals surface area (Å²) in [5.74, 6) is -2.09. The van der Waals surface area contributed by atoms with E-state index in [0.29, 0.717) is 16.1 Å². The highest BCUT2D eigenvalue weighted by Crippen LogP contribution is 2.13. The average Bonchev–Trinajstić information content (AvgIpc) is 2.40. The highest BCUT2D eigenvalue weighted by molar-refractivity contribution is 6.30. The lowest BCUT2D eigenvalue weighted by atomic mass is 10.1. The van der Waals surface area contributed by atoms with Gasteiger partial charge in [0.05, 0.1) is 0 Å². The van der Waals surface area contributed by atoms with Crippen LogP contribution in [0.3, 0.4) is 0 Å². The highest BCUT2D eigenvalue weighted by Gasteiger charge is 2.03. The fourth-order valence-electron chi connectivity index (χ4n) is 1.50. The molecule has 0 aliphatic heterocycles. The highest BCUT2D eigenvalue weighted by atomic mass is 35.5. The van der Waals surface area contributed by atoms with Crippen molar-refractivity contribution >= 4 is 23.5 Å². The van der Waals surface area contributed by atoms with Crippen LogP contribution in [-0.4, -0.2) is 5.78 Å². The predicted molar refractivity (Wildman–Crippen MR) is 71.2 cm³/mol. The fraction of sp³-hybridized carbons (Fsp3) is 0. The number of ketones is 1. The van der Waals surface area contributed by atoms with E-state index in [1.807, 2.05) is 0 Å². The predicted octanol–water partition coefficient (Wildman–Crippen LogP) is 4.51. The van der Waals surface area contributed by atoms with Gasteiger partial charge in [-0.3, -0.25) is 4.79 Å². The standard InChI is InChI=1S/C15H9ClF2O/c16-12-5-3-11(4-6-12)15(19)8-2-10-1-7-13(17)14(18)9-10/h1-9H/b8-2+. The summed E-state index contributed by atoms with van der Waals surface area (Å²) in [6.45, 7) is 0. The van der Waals surface area contributed by atoms with Crippen molar-refractivity contribution in [3.63, 3.8) is 0 Å².